The van der Waals surface area contributed by atoms with Crippen LogP contribution in [0.25, 0.3) is 0 Å². The molecule has 6 nitrogen and oxygen atoms in total. The lowest BCUT2D eigenvalue weighted by atomic mass is 9.84. The number of hydrogen-bond acceptors (Lipinski definition) is 5. The summed E-state index contributed by atoms with van der Waals surface area (Å²) in [5, 5.41) is 13.5. The normalized spacial score (nSPS) is 28.4. The van der Waals surface area contributed by atoms with E-state index >= 15 is 0 Å². The van der Waals surface area contributed by atoms with E-state index in [-0.39, 0.29) is 11.9 Å². The summed E-state index contributed by atoms with van der Waals surface area (Å²) in [4.78, 5) is 26.5. The lowest BCUT2D eigenvalue weighted by Gasteiger charge is -2.32. The molecule has 114 valence electrons. The van der Waals surface area contributed by atoms with Crippen molar-refractivity contribution in [2.45, 2.75) is 57.5 Å². The fourth-order valence-electron chi connectivity index (χ4n) is 3.69. The van der Waals surface area contributed by atoms with Gasteiger partial charge in [-0.05, 0) is 43.1 Å². The standard InChI is InChI=1S/C14H19N3O3S/c1-2-9-12(21-16-15-9)13(18)17-10-6-4-3-5-8(10)7-11(17)14(19)20/h8,10-11H,2-7H2,1H3,(H,19,20)/t8-,10+,11+/m1/s1. The maximum Gasteiger partial charge on any atom is 0.326 e. The number of amides is 1. The quantitative estimate of drug-likeness (QED) is 0.922. The van der Waals surface area contributed by atoms with Gasteiger partial charge in [-0.15, -0.1) is 5.10 Å². The number of aromatic nitrogens is 2. The molecule has 0 aromatic carbocycles. The van der Waals surface area contributed by atoms with Gasteiger partial charge in [-0.2, -0.15) is 0 Å². The Labute approximate surface area is 127 Å². The van der Waals surface area contributed by atoms with Gasteiger partial charge in [-0.25, -0.2) is 4.79 Å². The maximum absolute atomic E-state index is 12.9. The fraction of sp³-hybridized carbons (Fsp3) is 0.714. The molecule has 1 amide bonds. The molecule has 0 spiro atoms. The summed E-state index contributed by atoms with van der Waals surface area (Å²) in [5.41, 5.74) is 0.674. The molecule has 2 heterocycles. The number of carboxylic acids is 1. The monoisotopic (exact) mass is 309 g/mol. The van der Waals surface area contributed by atoms with Gasteiger partial charge in [0, 0.05) is 6.04 Å². The molecule has 2 aliphatic rings. The van der Waals surface area contributed by atoms with Gasteiger partial charge in [0.15, 0.2) is 0 Å². The van der Waals surface area contributed by atoms with Gasteiger partial charge in [0.25, 0.3) is 5.91 Å². The zero-order valence-electron chi connectivity index (χ0n) is 12.0. The van der Waals surface area contributed by atoms with Crippen molar-refractivity contribution in [3.8, 4) is 0 Å². The number of nitrogens with zero attached hydrogens (tertiary/aromatic N) is 3. The van der Waals surface area contributed by atoms with Gasteiger partial charge < -0.3 is 10.0 Å². The molecular formula is C14H19N3O3S. The van der Waals surface area contributed by atoms with Crippen molar-refractivity contribution in [2.24, 2.45) is 5.92 Å². The summed E-state index contributed by atoms with van der Waals surface area (Å²) < 4.78 is 3.86. The van der Waals surface area contributed by atoms with Crippen molar-refractivity contribution in [1.29, 1.82) is 0 Å². The minimum Gasteiger partial charge on any atom is -0.480 e. The van der Waals surface area contributed by atoms with Crippen LogP contribution in [0.1, 0.15) is 54.4 Å². The van der Waals surface area contributed by atoms with Gasteiger partial charge in [-0.3, -0.25) is 4.79 Å². The maximum atomic E-state index is 12.9. The zero-order chi connectivity index (χ0) is 15.0. The van der Waals surface area contributed by atoms with Crippen molar-refractivity contribution < 1.29 is 14.7 Å². The van der Waals surface area contributed by atoms with Crippen LogP contribution >= 0.6 is 11.5 Å². The summed E-state index contributed by atoms with van der Waals surface area (Å²) in [7, 11) is 0. The highest BCUT2D eigenvalue weighted by atomic mass is 32.1. The Balaban J connectivity index is 1.93. The molecule has 2 fully saturated rings. The van der Waals surface area contributed by atoms with Crippen molar-refractivity contribution in [3.63, 3.8) is 0 Å². The second-order valence-corrected chi connectivity index (χ2v) is 6.57. The van der Waals surface area contributed by atoms with E-state index < -0.39 is 12.0 Å². The van der Waals surface area contributed by atoms with E-state index in [2.05, 4.69) is 9.59 Å². The van der Waals surface area contributed by atoms with Crippen molar-refractivity contribution in [2.75, 3.05) is 0 Å². The second kappa shape index (κ2) is 5.71. The van der Waals surface area contributed by atoms with Crippen LogP contribution in [0.2, 0.25) is 0 Å². The van der Waals surface area contributed by atoms with E-state index in [0.717, 1.165) is 37.2 Å². The van der Waals surface area contributed by atoms with Gasteiger partial charge in [-0.1, -0.05) is 24.3 Å². The minimum atomic E-state index is -0.895. The van der Waals surface area contributed by atoms with E-state index in [1.807, 2.05) is 6.92 Å². The van der Waals surface area contributed by atoms with Crippen molar-refractivity contribution in [3.05, 3.63) is 10.6 Å². The van der Waals surface area contributed by atoms with Crippen LogP contribution in [0.3, 0.4) is 0 Å². The van der Waals surface area contributed by atoms with E-state index in [9.17, 15) is 14.7 Å². The predicted octanol–water partition coefficient (Wildman–Crippen LogP) is 1.96. The van der Waals surface area contributed by atoms with Crippen molar-refractivity contribution in [1.82, 2.24) is 14.5 Å². The third kappa shape index (κ3) is 2.43. The molecule has 0 bridgehead atoms. The molecule has 21 heavy (non-hydrogen) atoms. The number of rotatable bonds is 3. The summed E-state index contributed by atoms with van der Waals surface area (Å²) >= 11 is 1.08. The predicted molar refractivity (Wildman–Crippen MR) is 77.2 cm³/mol. The molecule has 1 aliphatic carbocycles. The molecule has 1 aromatic rings. The smallest absolute Gasteiger partial charge is 0.326 e. The van der Waals surface area contributed by atoms with Crippen LogP contribution in [0.15, 0.2) is 0 Å². The largest absolute Gasteiger partial charge is 0.480 e. The lowest BCUT2D eigenvalue weighted by molar-refractivity contribution is -0.141. The van der Waals surface area contributed by atoms with E-state index in [1.165, 1.54) is 0 Å². The second-order valence-electron chi connectivity index (χ2n) is 5.82. The Hall–Kier alpha value is -1.50. The SMILES string of the molecule is CCc1nnsc1C(=O)N1[C@H](C(=O)O)C[C@H]2CCCC[C@@H]21. The van der Waals surface area contributed by atoms with Crippen LogP contribution in [-0.4, -0.2) is 43.6 Å². The molecule has 1 saturated carbocycles. The lowest BCUT2D eigenvalue weighted by Crippen LogP contribution is -2.46. The van der Waals surface area contributed by atoms with Gasteiger partial charge >= 0.3 is 5.97 Å². The minimum absolute atomic E-state index is 0.0687. The molecular weight excluding hydrogens is 290 g/mol. The average Bonchev–Trinajstić information content (AvgIpc) is 3.10. The Morgan fingerprint density at radius 2 is 2.14 bits per heavy atom. The highest BCUT2D eigenvalue weighted by molar-refractivity contribution is 7.08. The van der Waals surface area contributed by atoms with Crippen LogP contribution in [-0.2, 0) is 11.2 Å². The highest BCUT2D eigenvalue weighted by Gasteiger charge is 2.48. The van der Waals surface area contributed by atoms with Gasteiger partial charge in [0.2, 0.25) is 0 Å². The first-order valence-corrected chi connectivity index (χ1v) is 8.27. The van der Waals surface area contributed by atoms with E-state index in [0.29, 0.717) is 29.3 Å². The summed E-state index contributed by atoms with van der Waals surface area (Å²) in [6.07, 6.45) is 5.36. The Kier molecular flexibility index (Phi) is 3.93. The zero-order valence-corrected chi connectivity index (χ0v) is 12.8. The number of carbonyl (C=O) groups is 2. The molecule has 7 heteroatoms. The van der Waals surface area contributed by atoms with Crippen LogP contribution in [0.4, 0.5) is 0 Å². The highest BCUT2D eigenvalue weighted by Crippen LogP contribution is 2.40. The first-order valence-electron chi connectivity index (χ1n) is 7.50. The number of carboxylic acid groups (broad SMARTS) is 1. The Morgan fingerprint density at radius 3 is 2.86 bits per heavy atom. The first-order chi connectivity index (χ1) is 10.1. The number of aryl methyl sites for hydroxylation is 1. The fourth-order valence-corrected chi connectivity index (χ4v) is 4.39. The van der Waals surface area contributed by atoms with Gasteiger partial charge in [0.05, 0.1) is 5.69 Å². The Bertz CT molecular complexity index is 559. The summed E-state index contributed by atoms with van der Waals surface area (Å²) in [6, 6.07) is -0.628. The van der Waals surface area contributed by atoms with Gasteiger partial charge in [0.1, 0.15) is 10.9 Å². The molecule has 1 N–H and O–H groups in total. The molecule has 1 aliphatic heterocycles. The molecule has 3 rings (SSSR count). The molecule has 3 atom stereocenters. The third-order valence-electron chi connectivity index (χ3n) is 4.69. The topological polar surface area (TPSA) is 83.4 Å². The summed E-state index contributed by atoms with van der Waals surface area (Å²) in [6.45, 7) is 1.93. The van der Waals surface area contributed by atoms with E-state index in [1.54, 1.807) is 4.90 Å². The number of carbonyl (C=O) groups excluding carboxylic acids is 1. The summed E-state index contributed by atoms with van der Waals surface area (Å²) in [5.74, 6) is -0.758. The molecule has 0 unspecified atom stereocenters. The van der Waals surface area contributed by atoms with Crippen molar-refractivity contribution >= 4 is 23.4 Å². The average molecular weight is 309 g/mol. The molecule has 1 saturated heterocycles. The van der Waals surface area contributed by atoms with E-state index in [4.69, 9.17) is 0 Å². The number of aliphatic carboxylic acids is 1. The third-order valence-corrected chi connectivity index (χ3v) is 5.45. The molecule has 0 radical (unpaired) electrons. The number of hydrogen-bond donors (Lipinski definition) is 1. The Morgan fingerprint density at radius 1 is 1.38 bits per heavy atom. The molecule has 1 aromatic heterocycles. The number of fused-ring (bicyclic) bond motifs is 1. The number of likely N-dealkylation sites (tertiary alicyclic amines) is 1. The van der Waals surface area contributed by atoms with Crippen LogP contribution in [0.5, 0.6) is 0 Å². The van der Waals surface area contributed by atoms with Crippen LogP contribution in [0, 0.1) is 5.92 Å². The van der Waals surface area contributed by atoms with Crippen LogP contribution < -0.4 is 0 Å². The first kappa shape index (κ1) is 14.4.